The van der Waals surface area contributed by atoms with E-state index in [9.17, 15) is 63.9 Å². The number of ether oxygens (including phenoxy) is 4. The lowest BCUT2D eigenvalue weighted by Crippen LogP contribution is -2.43. The Kier molecular flexibility index (Phi) is 21.7. The van der Waals surface area contributed by atoms with Crippen molar-refractivity contribution < 1.29 is 87.9 Å². The van der Waals surface area contributed by atoms with Crippen LogP contribution in [0, 0.1) is 0 Å². The number of alkyl halides is 8. The summed E-state index contributed by atoms with van der Waals surface area (Å²) >= 11 is 0. The molecular formula is C49H56ClF8N7O11. The zero-order valence-corrected chi connectivity index (χ0v) is 43.1. The molecule has 2 amide bonds. The van der Waals surface area contributed by atoms with E-state index in [1.165, 1.54) is 43.8 Å². The van der Waals surface area contributed by atoms with Crippen LogP contribution in [-0.4, -0.2) is 134 Å². The zero-order chi connectivity index (χ0) is 56.4. The number of Topliss-reactive ketones (excluding diaryl/α,β-unsaturated/α-hetero) is 1. The molecule has 2 aliphatic rings. The van der Waals surface area contributed by atoms with Crippen molar-refractivity contribution in [1.29, 1.82) is 0 Å². The number of methoxy groups -OCH3 is 2. The first-order valence-electron chi connectivity index (χ1n) is 22.7. The lowest BCUT2D eigenvalue weighted by atomic mass is 9.99. The Labute approximate surface area is 437 Å². The third-order valence-electron chi connectivity index (χ3n) is 10.7. The molecule has 2 fully saturated rings. The van der Waals surface area contributed by atoms with Gasteiger partial charge in [-0.3, -0.25) is 34.5 Å². The number of hydrogen-bond acceptors (Lipinski definition) is 15. The van der Waals surface area contributed by atoms with Gasteiger partial charge in [0.15, 0.2) is 5.78 Å². The van der Waals surface area contributed by atoms with Crippen molar-refractivity contribution in [2.75, 3.05) is 27.3 Å². The normalized spacial score (nSPS) is 17.4. The Hall–Kier alpha value is -7.09. The van der Waals surface area contributed by atoms with Gasteiger partial charge in [0.1, 0.15) is 41.0 Å². The molecule has 27 heteroatoms. The third kappa shape index (κ3) is 17.8. The van der Waals surface area contributed by atoms with E-state index in [0.29, 0.717) is 22.5 Å². The van der Waals surface area contributed by atoms with Gasteiger partial charge < -0.3 is 29.8 Å². The summed E-state index contributed by atoms with van der Waals surface area (Å²) in [6.07, 6.45) is -9.17. The summed E-state index contributed by atoms with van der Waals surface area (Å²) < 4.78 is 123. The molecule has 0 unspecified atom stereocenters. The lowest BCUT2D eigenvalue weighted by molar-refractivity contribution is -0.142. The van der Waals surface area contributed by atoms with Gasteiger partial charge in [-0.25, -0.2) is 32.8 Å². The topological polar surface area (TPSA) is 244 Å². The molecule has 2 aliphatic heterocycles. The predicted octanol–water partition coefficient (Wildman–Crippen LogP) is 9.05. The Morgan fingerprint density at radius 1 is 0.632 bits per heavy atom. The van der Waals surface area contributed by atoms with Crippen LogP contribution in [0.25, 0.3) is 22.3 Å². The number of carbonyl (C=O) groups is 6. The maximum absolute atomic E-state index is 14.1. The van der Waals surface area contributed by atoms with Gasteiger partial charge >= 0.3 is 42.4 Å². The number of nitrogens with two attached hydrogens (primary N) is 1. The second-order valence-electron chi connectivity index (χ2n) is 18.8. The van der Waals surface area contributed by atoms with E-state index in [4.69, 9.17) is 25.1 Å². The van der Waals surface area contributed by atoms with Gasteiger partial charge in [-0.15, -0.1) is 12.4 Å². The van der Waals surface area contributed by atoms with Crippen molar-refractivity contribution in [3.8, 4) is 22.3 Å². The molecule has 6 rings (SSSR count). The van der Waals surface area contributed by atoms with Gasteiger partial charge in [0, 0.05) is 78.5 Å². The summed E-state index contributed by atoms with van der Waals surface area (Å²) in [5.41, 5.74) is 3.99. The number of aliphatic carboxylic acids is 1. The van der Waals surface area contributed by atoms with Crippen molar-refractivity contribution >= 4 is 48.3 Å². The molecule has 6 heterocycles. The number of pyridine rings is 4. The number of carbonyl (C=O) groups excluding carboxylic acids is 5. The molecule has 4 atom stereocenters. The number of amides is 2. The van der Waals surface area contributed by atoms with Crippen molar-refractivity contribution in [1.82, 2.24) is 29.7 Å². The number of hydrogen-bond donors (Lipinski definition) is 2. The molecule has 76 heavy (non-hydrogen) atoms. The smallest absolute Gasteiger partial charge is 0.433 e. The first-order chi connectivity index (χ1) is 34.8. The van der Waals surface area contributed by atoms with Crippen LogP contribution in [0.1, 0.15) is 104 Å². The minimum Gasteiger partial charge on any atom is -0.480 e. The van der Waals surface area contributed by atoms with Crippen molar-refractivity contribution in [3.63, 3.8) is 0 Å². The Bertz CT molecular complexity index is 2690. The maximum atomic E-state index is 14.1. The fraction of sp³-hybridized carbons (Fsp3) is 0.469. The van der Waals surface area contributed by atoms with E-state index in [2.05, 4.69) is 24.7 Å². The van der Waals surface area contributed by atoms with Gasteiger partial charge in [-0.2, -0.15) is 26.3 Å². The van der Waals surface area contributed by atoms with E-state index in [1.54, 1.807) is 41.5 Å². The summed E-state index contributed by atoms with van der Waals surface area (Å²) in [7, 11) is 2.35. The summed E-state index contributed by atoms with van der Waals surface area (Å²) in [6, 6.07) is 4.92. The van der Waals surface area contributed by atoms with Gasteiger partial charge in [0.25, 0.3) is 0 Å². The molecule has 0 spiro atoms. The number of esters is 2. The SMILES string of the molecule is CC(C)(C)OC(=O)N1C[C@H](F)C[C@H]1C(=O)O.COC(=O)c1cnc(CCC(=O)[C@@H]2C[C@@H](F)CN2C(=O)OC(C)(C)C)cc1-c1ccc(C(F)(F)F)nc1.COC(=O)c1cnc(CN)cc1-c1ccc(C(F)(F)F)nc1.Cl. The van der Waals surface area contributed by atoms with E-state index in [-0.39, 0.29) is 85.8 Å². The molecule has 3 N–H and O–H groups in total. The second-order valence-corrected chi connectivity index (χ2v) is 18.8. The number of aromatic nitrogens is 4. The van der Waals surface area contributed by atoms with E-state index >= 15 is 0 Å². The van der Waals surface area contributed by atoms with E-state index in [1.807, 2.05) is 0 Å². The monoisotopic (exact) mass is 1110 g/mol. The molecule has 4 aromatic rings. The Morgan fingerprint density at radius 3 is 1.38 bits per heavy atom. The fourth-order valence-corrected chi connectivity index (χ4v) is 7.28. The molecule has 4 aromatic heterocycles. The summed E-state index contributed by atoms with van der Waals surface area (Å²) in [4.78, 5) is 88.7. The Morgan fingerprint density at radius 2 is 1.03 bits per heavy atom. The molecular weight excluding hydrogens is 1050 g/mol. The van der Waals surface area contributed by atoms with Gasteiger partial charge in [0.05, 0.1) is 50.2 Å². The minimum absolute atomic E-state index is 0. The molecule has 18 nitrogen and oxygen atoms in total. The lowest BCUT2D eigenvalue weighted by Gasteiger charge is -2.27. The number of halogens is 9. The first-order valence-corrected chi connectivity index (χ1v) is 22.7. The molecule has 416 valence electrons. The highest BCUT2D eigenvalue weighted by atomic mass is 35.5. The largest absolute Gasteiger partial charge is 0.480 e. The number of likely N-dealkylation sites (tertiary alicyclic amines) is 2. The number of carboxylic acid groups (broad SMARTS) is 1. The summed E-state index contributed by atoms with van der Waals surface area (Å²) in [5, 5.41) is 8.83. The Balaban J connectivity index is 0.000000330. The van der Waals surface area contributed by atoms with Crippen LogP contribution in [0.3, 0.4) is 0 Å². The van der Waals surface area contributed by atoms with Crippen LogP contribution >= 0.6 is 12.4 Å². The average molecular weight is 1110 g/mol. The standard InChI is InChI=1S/C25H27F4N3O5.C14H12F3N3O2.C10H16FNO4.ClH/c1-24(2,3)37-23(35)32-13-15(26)9-19(32)20(33)7-6-16-10-17(18(12-30-16)22(34)36-4)14-5-8-21(31-11-14)25(27,28)29;1-22-13(21)11-7-19-9(5-18)4-10(11)8-2-3-12(20-6-8)14(15,16)17;1-10(2,3)16-9(15)12-5-6(11)4-7(12)8(13)14;/h5,8,10-12,15,19H,6-7,9,13H2,1-4H3;2-4,6-7H,5,18H2,1H3;6-7H,4-5H2,1-3H3,(H,13,14);1H/t15-,19+;;6-,7+;/m1.1./s1. The zero-order valence-electron chi connectivity index (χ0n) is 42.3. The number of ketones is 1. The van der Waals surface area contributed by atoms with Crippen molar-refractivity contribution in [3.05, 3.63) is 95.1 Å². The van der Waals surface area contributed by atoms with E-state index < -0.39 is 89.5 Å². The van der Waals surface area contributed by atoms with Crippen LogP contribution in [0.2, 0.25) is 0 Å². The highest BCUT2D eigenvalue weighted by Gasteiger charge is 2.43. The molecule has 0 aliphatic carbocycles. The van der Waals surface area contributed by atoms with Crippen LogP contribution in [0.4, 0.5) is 44.7 Å². The molecule has 0 saturated carbocycles. The predicted molar refractivity (Wildman–Crippen MR) is 256 cm³/mol. The summed E-state index contributed by atoms with van der Waals surface area (Å²) in [5.74, 6) is -2.99. The highest BCUT2D eigenvalue weighted by molar-refractivity contribution is 5.98. The van der Waals surface area contributed by atoms with Crippen molar-refractivity contribution in [2.24, 2.45) is 5.73 Å². The highest BCUT2D eigenvalue weighted by Crippen LogP contribution is 2.33. The summed E-state index contributed by atoms with van der Waals surface area (Å²) in [6.45, 7) is 9.67. The number of nitrogens with zero attached hydrogens (tertiary/aromatic N) is 6. The molecule has 0 radical (unpaired) electrons. The number of aryl methyl sites for hydroxylation is 1. The fourth-order valence-electron chi connectivity index (χ4n) is 7.28. The van der Waals surface area contributed by atoms with Gasteiger partial charge in [-0.05, 0) is 72.2 Å². The number of carboxylic acids is 1. The molecule has 2 saturated heterocycles. The molecule has 0 aromatic carbocycles. The second kappa shape index (κ2) is 26.1. The van der Waals surface area contributed by atoms with Crippen LogP contribution in [-0.2, 0) is 53.9 Å². The number of rotatable bonds is 10. The van der Waals surface area contributed by atoms with Crippen LogP contribution in [0.5, 0.6) is 0 Å². The first kappa shape index (κ1) is 63.2. The molecule has 0 bridgehead atoms. The average Bonchev–Trinajstić information content (AvgIpc) is 3.94. The minimum atomic E-state index is -4.63. The van der Waals surface area contributed by atoms with Crippen LogP contribution < -0.4 is 5.73 Å². The van der Waals surface area contributed by atoms with Gasteiger partial charge in [-0.1, -0.05) is 12.1 Å². The van der Waals surface area contributed by atoms with E-state index in [0.717, 1.165) is 41.4 Å². The van der Waals surface area contributed by atoms with Crippen molar-refractivity contribution in [2.45, 2.75) is 122 Å². The van der Waals surface area contributed by atoms with Crippen LogP contribution in [0.15, 0.2) is 61.2 Å². The third-order valence-corrected chi connectivity index (χ3v) is 10.7. The quantitative estimate of drug-likeness (QED) is 0.0854. The maximum Gasteiger partial charge on any atom is 0.433 e. The van der Waals surface area contributed by atoms with Gasteiger partial charge in [0.2, 0.25) is 0 Å².